The smallest absolute Gasteiger partial charge is 0.225 e. The van der Waals surface area contributed by atoms with Crippen LogP contribution in [0.25, 0.3) is 0 Å². The summed E-state index contributed by atoms with van der Waals surface area (Å²) in [4.78, 5) is 12.9. The van der Waals surface area contributed by atoms with E-state index >= 15 is 0 Å². The number of aromatic nitrogens is 3. The highest BCUT2D eigenvalue weighted by atomic mass is 16.3. The van der Waals surface area contributed by atoms with E-state index in [9.17, 15) is 4.79 Å². The van der Waals surface area contributed by atoms with Gasteiger partial charge in [0.05, 0.1) is 12.0 Å². The van der Waals surface area contributed by atoms with E-state index in [0.29, 0.717) is 6.54 Å². The minimum absolute atomic E-state index is 0.0244. The van der Waals surface area contributed by atoms with E-state index in [4.69, 9.17) is 4.42 Å². The molecule has 1 amide bonds. The van der Waals surface area contributed by atoms with Crippen molar-refractivity contribution in [3.05, 3.63) is 34.8 Å². The molecule has 1 aliphatic heterocycles. The number of fused-ring (bicyclic) bond motifs is 2. The fourth-order valence-corrected chi connectivity index (χ4v) is 4.28. The van der Waals surface area contributed by atoms with Gasteiger partial charge in [0.15, 0.2) is 0 Å². The first-order valence-electron chi connectivity index (χ1n) is 9.11. The minimum atomic E-state index is -0.0244. The first-order chi connectivity index (χ1) is 11.8. The van der Waals surface area contributed by atoms with E-state index in [1.54, 1.807) is 0 Å². The van der Waals surface area contributed by atoms with Gasteiger partial charge in [-0.15, -0.1) is 10.2 Å². The minimum Gasteiger partial charge on any atom is -0.466 e. The van der Waals surface area contributed by atoms with Crippen LogP contribution in [0.2, 0.25) is 0 Å². The monoisotopic (exact) mass is 342 g/mol. The predicted octanol–water partition coefficient (Wildman–Crippen LogP) is 2.88. The highest BCUT2D eigenvalue weighted by molar-refractivity contribution is 5.79. The summed E-state index contributed by atoms with van der Waals surface area (Å²) in [7, 11) is 0. The van der Waals surface area contributed by atoms with E-state index in [1.165, 1.54) is 0 Å². The lowest BCUT2D eigenvalue weighted by Crippen LogP contribution is -2.41. The summed E-state index contributed by atoms with van der Waals surface area (Å²) in [6.07, 6.45) is 3.51. The number of carbonyl (C=O) groups is 1. The van der Waals surface area contributed by atoms with E-state index in [-0.39, 0.29) is 23.3 Å². The molecule has 3 heterocycles. The van der Waals surface area contributed by atoms with Gasteiger partial charge in [-0.3, -0.25) is 4.79 Å². The summed E-state index contributed by atoms with van der Waals surface area (Å²) in [5.74, 6) is 3.94. The van der Waals surface area contributed by atoms with Crippen molar-refractivity contribution in [2.45, 2.75) is 66.0 Å². The Labute approximate surface area is 148 Å². The van der Waals surface area contributed by atoms with Gasteiger partial charge in [-0.1, -0.05) is 13.8 Å². The zero-order valence-electron chi connectivity index (χ0n) is 15.4. The lowest BCUT2D eigenvalue weighted by Gasteiger charge is -2.35. The third kappa shape index (κ3) is 2.98. The van der Waals surface area contributed by atoms with Crippen molar-refractivity contribution in [3.63, 3.8) is 0 Å². The fourth-order valence-electron chi connectivity index (χ4n) is 4.28. The normalized spacial score (nSPS) is 24.5. The van der Waals surface area contributed by atoms with Crippen LogP contribution in [0.3, 0.4) is 0 Å². The average molecular weight is 342 g/mol. The largest absolute Gasteiger partial charge is 0.466 e. The van der Waals surface area contributed by atoms with Gasteiger partial charge in [-0.25, -0.2) is 0 Å². The maximum atomic E-state index is 12.9. The van der Waals surface area contributed by atoms with E-state index in [0.717, 1.165) is 54.4 Å². The summed E-state index contributed by atoms with van der Waals surface area (Å²) in [5, 5.41) is 11.6. The van der Waals surface area contributed by atoms with Crippen LogP contribution in [0, 0.1) is 25.2 Å². The Balaban J connectivity index is 1.52. The van der Waals surface area contributed by atoms with Crippen molar-refractivity contribution < 1.29 is 9.21 Å². The summed E-state index contributed by atoms with van der Waals surface area (Å²) < 4.78 is 7.95. The van der Waals surface area contributed by atoms with Crippen LogP contribution in [0.15, 0.2) is 10.5 Å². The van der Waals surface area contributed by atoms with Crippen molar-refractivity contribution in [1.29, 1.82) is 0 Å². The standard InChI is InChI=1S/C19H26N4O2/c1-11-7-14-15(8-19(3,4)9-16(14)25-11)20-18(24)13-5-6-17-22-21-12(2)23(17)10-13/h7,13,15H,5-6,8-10H2,1-4H3,(H,20,24)/t13-,15-/m1/s1. The summed E-state index contributed by atoms with van der Waals surface area (Å²) in [6.45, 7) is 9.07. The van der Waals surface area contributed by atoms with Gasteiger partial charge in [0.1, 0.15) is 23.2 Å². The molecule has 0 bridgehead atoms. The highest BCUT2D eigenvalue weighted by Crippen LogP contribution is 2.42. The number of hydrogen-bond acceptors (Lipinski definition) is 4. The Kier molecular flexibility index (Phi) is 3.74. The summed E-state index contributed by atoms with van der Waals surface area (Å²) in [5.41, 5.74) is 1.28. The van der Waals surface area contributed by atoms with Gasteiger partial charge in [0.25, 0.3) is 0 Å². The zero-order chi connectivity index (χ0) is 17.8. The molecule has 0 unspecified atom stereocenters. The van der Waals surface area contributed by atoms with Crippen molar-refractivity contribution in [2.24, 2.45) is 11.3 Å². The molecule has 0 aromatic carbocycles. The second-order valence-corrected chi connectivity index (χ2v) is 8.35. The molecule has 25 heavy (non-hydrogen) atoms. The summed E-state index contributed by atoms with van der Waals surface area (Å²) in [6, 6.07) is 2.12. The topological polar surface area (TPSA) is 73.0 Å². The number of furan rings is 1. The Hall–Kier alpha value is -2.11. The maximum absolute atomic E-state index is 12.9. The molecule has 2 aliphatic rings. The molecule has 6 nitrogen and oxygen atoms in total. The molecule has 0 spiro atoms. The second-order valence-electron chi connectivity index (χ2n) is 8.35. The lowest BCUT2D eigenvalue weighted by molar-refractivity contribution is -0.127. The number of rotatable bonds is 2. The molecule has 4 rings (SSSR count). The SMILES string of the molecule is Cc1cc2c(o1)CC(C)(C)C[C@H]2NC(=O)[C@@H]1CCc2nnc(C)n2C1. The molecule has 2 aromatic rings. The van der Waals surface area contributed by atoms with Crippen molar-refractivity contribution in [1.82, 2.24) is 20.1 Å². The van der Waals surface area contributed by atoms with E-state index in [2.05, 4.69) is 40.0 Å². The van der Waals surface area contributed by atoms with Crippen LogP contribution in [-0.2, 0) is 24.2 Å². The van der Waals surface area contributed by atoms with Crippen molar-refractivity contribution in [3.8, 4) is 0 Å². The molecule has 0 saturated carbocycles. The van der Waals surface area contributed by atoms with Crippen LogP contribution in [-0.4, -0.2) is 20.7 Å². The number of nitrogens with one attached hydrogen (secondary N) is 1. The van der Waals surface area contributed by atoms with Gasteiger partial charge in [0.2, 0.25) is 5.91 Å². The van der Waals surface area contributed by atoms with Gasteiger partial charge in [-0.05, 0) is 38.2 Å². The van der Waals surface area contributed by atoms with Crippen LogP contribution in [0.4, 0.5) is 0 Å². The number of amides is 1. The molecule has 6 heteroatoms. The fraction of sp³-hybridized carbons (Fsp3) is 0.632. The van der Waals surface area contributed by atoms with Gasteiger partial charge < -0.3 is 14.3 Å². The van der Waals surface area contributed by atoms with Crippen molar-refractivity contribution >= 4 is 5.91 Å². The molecular formula is C19H26N4O2. The van der Waals surface area contributed by atoms with Crippen LogP contribution < -0.4 is 5.32 Å². The Bertz CT molecular complexity index is 818. The molecular weight excluding hydrogens is 316 g/mol. The van der Waals surface area contributed by atoms with Crippen LogP contribution in [0.5, 0.6) is 0 Å². The molecule has 2 atom stereocenters. The van der Waals surface area contributed by atoms with E-state index in [1.807, 2.05) is 13.8 Å². The second kappa shape index (κ2) is 5.71. The first-order valence-corrected chi connectivity index (χ1v) is 9.11. The molecule has 1 N–H and O–H groups in total. The predicted molar refractivity (Wildman–Crippen MR) is 93.0 cm³/mol. The molecule has 0 radical (unpaired) electrons. The number of carbonyl (C=O) groups excluding carboxylic acids is 1. The molecule has 134 valence electrons. The number of hydrogen-bond donors (Lipinski definition) is 1. The Morgan fingerprint density at radius 1 is 1.36 bits per heavy atom. The third-order valence-corrected chi connectivity index (χ3v) is 5.56. The van der Waals surface area contributed by atoms with Crippen LogP contribution in [0.1, 0.15) is 61.5 Å². The zero-order valence-corrected chi connectivity index (χ0v) is 15.4. The Morgan fingerprint density at radius 3 is 2.96 bits per heavy atom. The van der Waals surface area contributed by atoms with Crippen LogP contribution >= 0.6 is 0 Å². The third-order valence-electron chi connectivity index (χ3n) is 5.56. The summed E-state index contributed by atoms with van der Waals surface area (Å²) >= 11 is 0. The van der Waals surface area contributed by atoms with Gasteiger partial charge >= 0.3 is 0 Å². The number of nitrogens with zero attached hydrogens (tertiary/aromatic N) is 3. The average Bonchev–Trinajstić information content (AvgIpc) is 3.08. The van der Waals surface area contributed by atoms with Gasteiger partial charge in [0, 0.05) is 24.9 Å². The highest BCUT2D eigenvalue weighted by Gasteiger charge is 2.37. The Morgan fingerprint density at radius 2 is 2.16 bits per heavy atom. The first kappa shape index (κ1) is 16.4. The molecule has 2 aromatic heterocycles. The molecule has 0 fully saturated rings. The number of aryl methyl sites for hydroxylation is 3. The lowest BCUT2D eigenvalue weighted by atomic mass is 9.74. The molecule has 1 aliphatic carbocycles. The quantitative estimate of drug-likeness (QED) is 0.911. The molecule has 0 saturated heterocycles. The van der Waals surface area contributed by atoms with Gasteiger partial charge in [-0.2, -0.15) is 0 Å². The van der Waals surface area contributed by atoms with E-state index < -0.39 is 0 Å². The van der Waals surface area contributed by atoms with Crippen molar-refractivity contribution in [2.75, 3.05) is 0 Å². The maximum Gasteiger partial charge on any atom is 0.225 e.